The Kier molecular flexibility index (Phi) is 4.84. The van der Waals surface area contributed by atoms with Gasteiger partial charge in [0.25, 0.3) is 0 Å². The van der Waals surface area contributed by atoms with E-state index in [4.69, 9.17) is 5.73 Å². The molecule has 0 aliphatic carbocycles. The van der Waals surface area contributed by atoms with Crippen LogP contribution in [0.4, 0.5) is 0 Å². The summed E-state index contributed by atoms with van der Waals surface area (Å²) in [5, 5.41) is 2.86. The van der Waals surface area contributed by atoms with E-state index in [1.807, 2.05) is 39.8 Å². The number of hydrogen-bond donors (Lipinski definition) is 2. The van der Waals surface area contributed by atoms with Crippen LogP contribution in [0.25, 0.3) is 0 Å². The van der Waals surface area contributed by atoms with E-state index in [0.717, 1.165) is 11.3 Å². The van der Waals surface area contributed by atoms with Gasteiger partial charge < -0.3 is 11.1 Å². The van der Waals surface area contributed by atoms with Gasteiger partial charge in [-0.2, -0.15) is 0 Å². The van der Waals surface area contributed by atoms with Crippen molar-refractivity contribution in [2.75, 3.05) is 0 Å². The molecule has 18 heavy (non-hydrogen) atoms. The first-order valence-electron chi connectivity index (χ1n) is 6.23. The lowest BCUT2D eigenvalue weighted by atomic mass is 9.85. The number of rotatable bonds is 4. The maximum Gasteiger partial charge on any atom is 0.221 e. The average Bonchev–Trinajstić information content (AvgIpc) is 2.27. The number of nitrogens with zero attached hydrogens (tertiary/aromatic N) is 1. The highest BCUT2D eigenvalue weighted by atomic mass is 16.1. The molecule has 4 nitrogen and oxygen atoms in total. The van der Waals surface area contributed by atoms with Crippen molar-refractivity contribution >= 4 is 5.91 Å². The Balaban J connectivity index is 2.40. The van der Waals surface area contributed by atoms with Crippen molar-refractivity contribution in [3.05, 3.63) is 29.6 Å². The molecule has 0 fully saturated rings. The van der Waals surface area contributed by atoms with Gasteiger partial charge in [-0.1, -0.05) is 26.8 Å². The Morgan fingerprint density at radius 1 is 1.44 bits per heavy atom. The Morgan fingerprint density at radius 3 is 2.61 bits per heavy atom. The van der Waals surface area contributed by atoms with Crippen LogP contribution in [-0.4, -0.2) is 16.9 Å². The highest BCUT2D eigenvalue weighted by molar-refractivity contribution is 5.76. The van der Waals surface area contributed by atoms with Gasteiger partial charge in [0.1, 0.15) is 0 Å². The van der Waals surface area contributed by atoms with Crippen molar-refractivity contribution in [3.63, 3.8) is 0 Å². The summed E-state index contributed by atoms with van der Waals surface area (Å²) >= 11 is 0. The zero-order chi connectivity index (χ0) is 13.8. The van der Waals surface area contributed by atoms with Crippen LogP contribution in [0.2, 0.25) is 0 Å². The third-order valence-corrected chi connectivity index (χ3v) is 2.98. The van der Waals surface area contributed by atoms with Crippen LogP contribution >= 0.6 is 0 Å². The van der Waals surface area contributed by atoms with Gasteiger partial charge in [0.2, 0.25) is 5.91 Å². The van der Waals surface area contributed by atoms with Crippen LogP contribution in [0.1, 0.15) is 38.4 Å². The highest BCUT2D eigenvalue weighted by Crippen LogP contribution is 2.19. The predicted octanol–water partition coefficient (Wildman–Crippen LogP) is 1.77. The van der Waals surface area contributed by atoms with Gasteiger partial charge in [-0.25, -0.2) is 0 Å². The van der Waals surface area contributed by atoms with Crippen molar-refractivity contribution in [2.45, 2.75) is 46.7 Å². The van der Waals surface area contributed by atoms with Crippen molar-refractivity contribution in [1.82, 2.24) is 10.3 Å². The zero-order valence-electron chi connectivity index (χ0n) is 11.7. The molecular formula is C14H23N3O. The van der Waals surface area contributed by atoms with Gasteiger partial charge in [0.15, 0.2) is 0 Å². The van der Waals surface area contributed by atoms with Crippen molar-refractivity contribution in [3.8, 4) is 0 Å². The first kappa shape index (κ1) is 14.6. The summed E-state index contributed by atoms with van der Waals surface area (Å²) in [5.41, 5.74) is 7.88. The van der Waals surface area contributed by atoms with E-state index in [2.05, 4.69) is 10.3 Å². The molecule has 0 aromatic carbocycles. The van der Waals surface area contributed by atoms with Crippen LogP contribution < -0.4 is 11.1 Å². The predicted molar refractivity (Wildman–Crippen MR) is 72.9 cm³/mol. The van der Waals surface area contributed by atoms with Crippen molar-refractivity contribution in [1.29, 1.82) is 0 Å². The Morgan fingerprint density at radius 2 is 2.11 bits per heavy atom. The number of carbonyl (C=O) groups excluding carboxylic acids is 1. The summed E-state index contributed by atoms with van der Waals surface area (Å²) in [6, 6.07) is 3.77. The highest BCUT2D eigenvalue weighted by Gasteiger charge is 2.22. The molecule has 1 heterocycles. The first-order chi connectivity index (χ1) is 8.29. The smallest absolute Gasteiger partial charge is 0.221 e. The summed E-state index contributed by atoms with van der Waals surface area (Å²) in [7, 11) is 0. The molecule has 0 radical (unpaired) electrons. The van der Waals surface area contributed by atoms with E-state index in [-0.39, 0.29) is 17.4 Å². The summed E-state index contributed by atoms with van der Waals surface area (Å²) < 4.78 is 0. The molecule has 1 aromatic rings. The molecule has 0 aliphatic heterocycles. The molecule has 3 N–H and O–H groups in total. The standard InChI is InChI=1S/C14H23N3O/c1-10-5-6-11(8-16-10)9-17-13(18)7-12(15)14(2,3)4/h5-6,8,12H,7,9,15H2,1-4H3,(H,17,18). The fraction of sp³-hybridized carbons (Fsp3) is 0.571. The maximum absolute atomic E-state index is 11.7. The Bertz CT molecular complexity index is 392. The quantitative estimate of drug-likeness (QED) is 0.854. The topological polar surface area (TPSA) is 68.0 Å². The van der Waals surface area contributed by atoms with Crippen LogP contribution in [0, 0.1) is 12.3 Å². The molecule has 4 heteroatoms. The Hall–Kier alpha value is -1.42. The third-order valence-electron chi connectivity index (χ3n) is 2.98. The minimum absolute atomic E-state index is 0.0157. The molecular weight excluding hydrogens is 226 g/mol. The number of amides is 1. The number of nitrogens with two attached hydrogens (primary N) is 1. The van der Waals surface area contributed by atoms with Gasteiger partial charge in [-0.05, 0) is 24.0 Å². The lowest BCUT2D eigenvalue weighted by Crippen LogP contribution is -2.40. The van der Waals surface area contributed by atoms with Crippen molar-refractivity contribution < 1.29 is 4.79 Å². The van der Waals surface area contributed by atoms with Crippen LogP contribution in [0.5, 0.6) is 0 Å². The summed E-state index contributed by atoms with van der Waals surface area (Å²) in [4.78, 5) is 15.9. The van der Waals surface area contributed by atoms with Gasteiger partial charge >= 0.3 is 0 Å². The number of carbonyl (C=O) groups is 1. The number of nitrogens with one attached hydrogen (secondary N) is 1. The first-order valence-corrected chi connectivity index (χ1v) is 6.23. The van der Waals surface area contributed by atoms with Gasteiger partial charge in [0, 0.05) is 30.9 Å². The zero-order valence-corrected chi connectivity index (χ0v) is 11.7. The second kappa shape index (κ2) is 5.96. The lowest BCUT2D eigenvalue weighted by Gasteiger charge is -2.26. The average molecular weight is 249 g/mol. The van der Waals surface area contributed by atoms with E-state index in [1.165, 1.54) is 0 Å². The molecule has 1 amide bonds. The van der Waals surface area contributed by atoms with E-state index < -0.39 is 0 Å². The Labute approximate surface area is 109 Å². The molecule has 0 saturated heterocycles. The van der Waals surface area contributed by atoms with E-state index in [9.17, 15) is 4.79 Å². The summed E-state index contributed by atoms with van der Waals surface area (Å²) in [6.45, 7) is 8.55. The molecule has 0 aliphatic rings. The van der Waals surface area contributed by atoms with E-state index in [0.29, 0.717) is 13.0 Å². The summed E-state index contributed by atoms with van der Waals surface area (Å²) in [6.07, 6.45) is 2.13. The monoisotopic (exact) mass is 249 g/mol. The number of pyridine rings is 1. The molecule has 0 spiro atoms. The van der Waals surface area contributed by atoms with Crippen molar-refractivity contribution in [2.24, 2.45) is 11.1 Å². The fourth-order valence-electron chi connectivity index (χ4n) is 1.38. The molecule has 1 unspecified atom stereocenters. The minimum atomic E-state index is -0.131. The van der Waals surface area contributed by atoms with Gasteiger partial charge in [-0.3, -0.25) is 9.78 Å². The molecule has 1 rings (SSSR count). The largest absolute Gasteiger partial charge is 0.352 e. The van der Waals surface area contributed by atoms with Gasteiger partial charge in [0.05, 0.1) is 0 Å². The van der Waals surface area contributed by atoms with Gasteiger partial charge in [-0.15, -0.1) is 0 Å². The molecule has 1 atom stereocenters. The number of aromatic nitrogens is 1. The molecule has 100 valence electrons. The van der Waals surface area contributed by atoms with Crippen LogP contribution in [0.3, 0.4) is 0 Å². The molecule has 1 aromatic heterocycles. The number of aryl methyl sites for hydroxylation is 1. The van der Waals surface area contributed by atoms with Crippen LogP contribution in [0.15, 0.2) is 18.3 Å². The SMILES string of the molecule is Cc1ccc(CNC(=O)CC(N)C(C)(C)C)cn1. The third kappa shape index (κ3) is 4.84. The number of hydrogen-bond acceptors (Lipinski definition) is 3. The fourth-order valence-corrected chi connectivity index (χ4v) is 1.38. The van der Waals surface area contributed by atoms with E-state index in [1.54, 1.807) is 6.20 Å². The summed E-state index contributed by atoms with van der Waals surface area (Å²) in [5.74, 6) is -0.0157. The normalized spacial score (nSPS) is 13.2. The minimum Gasteiger partial charge on any atom is -0.352 e. The molecule has 0 bridgehead atoms. The van der Waals surface area contributed by atoms with E-state index >= 15 is 0 Å². The van der Waals surface area contributed by atoms with Crippen LogP contribution in [-0.2, 0) is 11.3 Å². The lowest BCUT2D eigenvalue weighted by molar-refractivity contribution is -0.122. The second-order valence-electron chi connectivity index (χ2n) is 5.76. The maximum atomic E-state index is 11.7. The second-order valence-corrected chi connectivity index (χ2v) is 5.76. The molecule has 0 saturated carbocycles.